The van der Waals surface area contributed by atoms with E-state index in [4.69, 9.17) is 5.26 Å². The summed E-state index contributed by atoms with van der Waals surface area (Å²) in [5, 5.41) is 12.5. The molecule has 1 aliphatic carbocycles. The minimum Gasteiger partial charge on any atom is -0.308 e. The van der Waals surface area contributed by atoms with Crippen molar-refractivity contribution >= 4 is 15.9 Å². The van der Waals surface area contributed by atoms with Gasteiger partial charge in [0.05, 0.1) is 11.5 Å². The first-order valence-electron chi connectivity index (χ1n) is 5.95. The zero-order valence-electron chi connectivity index (χ0n) is 10.3. The molecule has 90 valence electrons. The van der Waals surface area contributed by atoms with Crippen molar-refractivity contribution in [2.75, 3.05) is 6.54 Å². The molecule has 1 atom stereocenters. The third kappa shape index (κ3) is 2.70. The van der Waals surface area contributed by atoms with Crippen LogP contribution in [0.15, 0.2) is 22.7 Å². The van der Waals surface area contributed by atoms with Crippen LogP contribution in [0.5, 0.6) is 0 Å². The van der Waals surface area contributed by atoms with Crippen LogP contribution in [0.3, 0.4) is 0 Å². The Kier molecular flexibility index (Phi) is 3.56. The average Bonchev–Trinajstić information content (AvgIpc) is 2.71. The summed E-state index contributed by atoms with van der Waals surface area (Å²) in [5.74, 6) is 0. The van der Waals surface area contributed by atoms with Crippen LogP contribution in [-0.2, 0) is 6.42 Å². The Morgan fingerprint density at radius 2 is 2.29 bits per heavy atom. The Morgan fingerprint density at radius 3 is 3.00 bits per heavy atom. The Hall–Kier alpha value is -0.850. The molecule has 0 saturated heterocycles. The van der Waals surface area contributed by atoms with Gasteiger partial charge in [-0.3, -0.25) is 0 Å². The first kappa shape index (κ1) is 12.6. The van der Waals surface area contributed by atoms with E-state index >= 15 is 0 Å². The van der Waals surface area contributed by atoms with Gasteiger partial charge in [0.15, 0.2) is 0 Å². The quantitative estimate of drug-likeness (QED) is 0.924. The summed E-state index contributed by atoms with van der Waals surface area (Å²) in [6.45, 7) is 4.67. The number of hydrogen-bond donors (Lipinski definition) is 1. The van der Waals surface area contributed by atoms with Gasteiger partial charge < -0.3 is 5.32 Å². The van der Waals surface area contributed by atoms with Gasteiger partial charge in [-0.05, 0) is 43.9 Å². The van der Waals surface area contributed by atoms with Crippen LogP contribution < -0.4 is 5.32 Å². The standard InChI is InChI=1S/C14H17BrN2/c1-14(2,8-16)9-17-13-7-6-10-11(13)4-3-5-12(10)15/h3-5,13,17H,6-7,9H2,1-2H3. The van der Waals surface area contributed by atoms with E-state index < -0.39 is 0 Å². The number of fused-ring (bicyclic) bond motifs is 1. The molecule has 0 aromatic heterocycles. The predicted octanol–water partition coefficient (Wildman–Crippen LogP) is 3.58. The first-order chi connectivity index (χ1) is 8.03. The first-order valence-corrected chi connectivity index (χ1v) is 6.75. The molecule has 1 N–H and O–H groups in total. The van der Waals surface area contributed by atoms with Gasteiger partial charge in [-0.2, -0.15) is 5.26 Å². The molecular formula is C14H17BrN2. The summed E-state index contributed by atoms with van der Waals surface area (Å²) in [6, 6.07) is 9.09. The molecule has 0 fully saturated rings. The molecule has 0 amide bonds. The molecule has 0 radical (unpaired) electrons. The fourth-order valence-electron chi connectivity index (χ4n) is 2.24. The van der Waals surface area contributed by atoms with Crippen LogP contribution in [0.2, 0.25) is 0 Å². The number of rotatable bonds is 3. The topological polar surface area (TPSA) is 35.8 Å². The van der Waals surface area contributed by atoms with Crippen molar-refractivity contribution in [3.05, 3.63) is 33.8 Å². The monoisotopic (exact) mass is 292 g/mol. The predicted molar refractivity (Wildman–Crippen MR) is 72.6 cm³/mol. The lowest BCUT2D eigenvalue weighted by molar-refractivity contribution is 0.403. The highest BCUT2D eigenvalue weighted by Gasteiger charge is 2.26. The van der Waals surface area contributed by atoms with E-state index in [-0.39, 0.29) is 5.41 Å². The molecule has 0 bridgehead atoms. The number of benzene rings is 1. The van der Waals surface area contributed by atoms with E-state index in [1.54, 1.807) is 0 Å². The highest BCUT2D eigenvalue weighted by Crippen LogP contribution is 2.35. The van der Waals surface area contributed by atoms with Crippen molar-refractivity contribution in [1.82, 2.24) is 5.32 Å². The summed E-state index contributed by atoms with van der Waals surface area (Å²) in [4.78, 5) is 0. The molecule has 1 aliphatic rings. The van der Waals surface area contributed by atoms with Crippen molar-refractivity contribution in [3.63, 3.8) is 0 Å². The second-order valence-electron chi connectivity index (χ2n) is 5.28. The highest BCUT2D eigenvalue weighted by atomic mass is 79.9. The maximum absolute atomic E-state index is 9.01. The van der Waals surface area contributed by atoms with Crippen molar-refractivity contribution in [2.24, 2.45) is 5.41 Å². The molecule has 1 unspecified atom stereocenters. The molecule has 0 saturated carbocycles. The van der Waals surface area contributed by atoms with Crippen LogP contribution in [0.1, 0.15) is 37.4 Å². The number of nitrogens with zero attached hydrogens (tertiary/aromatic N) is 1. The summed E-state index contributed by atoms with van der Waals surface area (Å²) in [7, 11) is 0. The zero-order valence-corrected chi connectivity index (χ0v) is 11.8. The maximum atomic E-state index is 9.01. The largest absolute Gasteiger partial charge is 0.308 e. The third-order valence-corrected chi connectivity index (χ3v) is 4.05. The number of halogens is 1. The Bertz CT molecular complexity index is 460. The van der Waals surface area contributed by atoms with Crippen molar-refractivity contribution in [3.8, 4) is 6.07 Å². The van der Waals surface area contributed by atoms with E-state index in [9.17, 15) is 0 Å². The Balaban J connectivity index is 2.09. The number of nitriles is 1. The molecule has 0 heterocycles. The van der Waals surface area contributed by atoms with Gasteiger partial charge in [0, 0.05) is 17.1 Å². The van der Waals surface area contributed by atoms with Crippen LogP contribution in [0.4, 0.5) is 0 Å². The number of hydrogen-bond acceptors (Lipinski definition) is 2. The summed E-state index contributed by atoms with van der Waals surface area (Å²) in [5.41, 5.74) is 2.50. The molecule has 17 heavy (non-hydrogen) atoms. The van der Waals surface area contributed by atoms with Crippen LogP contribution in [-0.4, -0.2) is 6.54 Å². The molecule has 1 aromatic carbocycles. The van der Waals surface area contributed by atoms with E-state index in [1.807, 2.05) is 13.8 Å². The van der Waals surface area contributed by atoms with E-state index in [0.717, 1.165) is 19.4 Å². The van der Waals surface area contributed by atoms with Gasteiger partial charge in [-0.1, -0.05) is 28.1 Å². The summed E-state index contributed by atoms with van der Waals surface area (Å²) in [6.07, 6.45) is 2.24. The smallest absolute Gasteiger partial charge is 0.0697 e. The van der Waals surface area contributed by atoms with Gasteiger partial charge in [0.25, 0.3) is 0 Å². The highest BCUT2D eigenvalue weighted by molar-refractivity contribution is 9.10. The number of nitrogens with one attached hydrogen (secondary N) is 1. The van der Waals surface area contributed by atoms with E-state index in [0.29, 0.717) is 6.04 Å². The lowest BCUT2D eigenvalue weighted by Gasteiger charge is -2.20. The summed E-state index contributed by atoms with van der Waals surface area (Å²) < 4.78 is 1.21. The fourth-order valence-corrected chi connectivity index (χ4v) is 2.82. The van der Waals surface area contributed by atoms with E-state index in [1.165, 1.54) is 15.6 Å². The van der Waals surface area contributed by atoms with Crippen LogP contribution in [0, 0.1) is 16.7 Å². The minimum absolute atomic E-state index is 0.297. The lowest BCUT2D eigenvalue weighted by atomic mass is 9.95. The van der Waals surface area contributed by atoms with Crippen LogP contribution >= 0.6 is 15.9 Å². The summed E-state index contributed by atoms with van der Waals surface area (Å²) >= 11 is 3.60. The van der Waals surface area contributed by atoms with Crippen molar-refractivity contribution in [2.45, 2.75) is 32.7 Å². The molecule has 0 spiro atoms. The molecule has 1 aromatic rings. The molecule has 0 aliphatic heterocycles. The Labute approximate surface area is 111 Å². The van der Waals surface area contributed by atoms with Gasteiger partial charge in [0.2, 0.25) is 0 Å². The van der Waals surface area contributed by atoms with Gasteiger partial charge in [-0.25, -0.2) is 0 Å². The Morgan fingerprint density at radius 1 is 1.53 bits per heavy atom. The third-order valence-electron chi connectivity index (χ3n) is 3.31. The van der Waals surface area contributed by atoms with Crippen molar-refractivity contribution in [1.29, 1.82) is 5.26 Å². The van der Waals surface area contributed by atoms with Gasteiger partial charge >= 0.3 is 0 Å². The van der Waals surface area contributed by atoms with Crippen LogP contribution in [0.25, 0.3) is 0 Å². The second kappa shape index (κ2) is 4.80. The molecule has 2 rings (SSSR count). The van der Waals surface area contributed by atoms with Crippen molar-refractivity contribution < 1.29 is 0 Å². The SMILES string of the molecule is CC(C)(C#N)CNC1CCc2c(Br)cccc21. The fraction of sp³-hybridized carbons (Fsp3) is 0.500. The molecule has 2 nitrogen and oxygen atoms in total. The molecular weight excluding hydrogens is 276 g/mol. The average molecular weight is 293 g/mol. The lowest BCUT2D eigenvalue weighted by Crippen LogP contribution is -2.30. The zero-order chi connectivity index (χ0) is 12.5. The van der Waals surface area contributed by atoms with E-state index in [2.05, 4.69) is 45.5 Å². The van der Waals surface area contributed by atoms with Gasteiger partial charge in [-0.15, -0.1) is 0 Å². The second-order valence-corrected chi connectivity index (χ2v) is 6.13. The maximum Gasteiger partial charge on any atom is 0.0697 e. The van der Waals surface area contributed by atoms with Gasteiger partial charge in [0.1, 0.15) is 0 Å². The minimum atomic E-state index is -0.297. The normalized spacial score (nSPS) is 18.8. The molecule has 3 heteroatoms.